The first-order chi connectivity index (χ1) is 7.24. The number of nitrogens with one attached hydrogen (secondary N) is 1. The van der Waals surface area contributed by atoms with Crippen molar-refractivity contribution in [2.24, 2.45) is 5.73 Å². The van der Waals surface area contributed by atoms with E-state index in [2.05, 4.69) is 5.32 Å². The predicted octanol–water partition coefficient (Wildman–Crippen LogP) is 0.799. The molecule has 1 amide bonds. The normalized spacial score (nSPS) is 23.5. The van der Waals surface area contributed by atoms with Crippen LogP contribution in [0, 0.1) is 0 Å². The van der Waals surface area contributed by atoms with E-state index in [1.54, 1.807) is 0 Å². The summed E-state index contributed by atoms with van der Waals surface area (Å²) in [6.45, 7) is 3.46. The average molecular weight is 214 g/mol. The van der Waals surface area contributed by atoms with E-state index in [1.807, 2.05) is 6.92 Å². The Morgan fingerprint density at radius 3 is 3.00 bits per heavy atom. The number of amides is 1. The van der Waals surface area contributed by atoms with E-state index in [-0.39, 0.29) is 11.9 Å². The summed E-state index contributed by atoms with van der Waals surface area (Å²) in [6.07, 6.45) is 5.46. The second-order valence-electron chi connectivity index (χ2n) is 4.08. The van der Waals surface area contributed by atoms with Gasteiger partial charge in [-0.05, 0) is 32.1 Å². The molecule has 2 atom stereocenters. The van der Waals surface area contributed by atoms with Gasteiger partial charge in [0.25, 0.3) is 0 Å². The van der Waals surface area contributed by atoms with Crippen molar-refractivity contribution >= 4 is 5.91 Å². The van der Waals surface area contributed by atoms with Crippen LogP contribution in [0.1, 0.15) is 39.0 Å². The van der Waals surface area contributed by atoms with Gasteiger partial charge in [-0.1, -0.05) is 6.92 Å². The van der Waals surface area contributed by atoms with Gasteiger partial charge < -0.3 is 15.8 Å². The molecule has 1 aliphatic rings. The minimum atomic E-state index is -0.364. The van der Waals surface area contributed by atoms with E-state index >= 15 is 0 Å². The number of nitrogens with two attached hydrogens (primary N) is 1. The zero-order valence-electron chi connectivity index (χ0n) is 9.50. The zero-order chi connectivity index (χ0) is 11.1. The summed E-state index contributed by atoms with van der Waals surface area (Å²) in [7, 11) is 0. The largest absolute Gasteiger partial charge is 0.378 e. The van der Waals surface area contributed by atoms with E-state index in [9.17, 15) is 4.79 Å². The molecule has 1 fully saturated rings. The van der Waals surface area contributed by atoms with Gasteiger partial charge in [-0.15, -0.1) is 0 Å². The summed E-state index contributed by atoms with van der Waals surface area (Å²) in [5.41, 5.74) is 5.59. The fourth-order valence-electron chi connectivity index (χ4n) is 1.71. The molecular formula is C11H22N2O2. The molecule has 1 saturated heterocycles. The van der Waals surface area contributed by atoms with Crippen LogP contribution in [-0.2, 0) is 9.53 Å². The second-order valence-corrected chi connectivity index (χ2v) is 4.08. The summed E-state index contributed by atoms with van der Waals surface area (Å²) in [5, 5.41) is 2.84. The maximum Gasteiger partial charge on any atom is 0.236 e. The van der Waals surface area contributed by atoms with Gasteiger partial charge in [-0.2, -0.15) is 0 Å². The molecule has 1 unspecified atom stereocenters. The van der Waals surface area contributed by atoms with Gasteiger partial charge in [0, 0.05) is 13.2 Å². The molecule has 4 nitrogen and oxygen atoms in total. The summed E-state index contributed by atoms with van der Waals surface area (Å²) in [6, 6.07) is -0.364. The molecule has 0 spiro atoms. The lowest BCUT2D eigenvalue weighted by Gasteiger charge is -2.22. The van der Waals surface area contributed by atoms with Crippen LogP contribution in [0.5, 0.6) is 0 Å². The fraction of sp³-hybridized carbons (Fsp3) is 0.909. The van der Waals surface area contributed by atoms with Gasteiger partial charge in [-0.25, -0.2) is 0 Å². The maximum absolute atomic E-state index is 11.3. The molecule has 0 aromatic rings. The number of hydrogen-bond acceptors (Lipinski definition) is 3. The molecule has 1 heterocycles. The Morgan fingerprint density at radius 1 is 1.60 bits per heavy atom. The van der Waals surface area contributed by atoms with E-state index < -0.39 is 0 Å². The highest BCUT2D eigenvalue weighted by Crippen LogP contribution is 2.14. The first-order valence-electron chi connectivity index (χ1n) is 5.89. The van der Waals surface area contributed by atoms with Gasteiger partial charge >= 0.3 is 0 Å². The van der Waals surface area contributed by atoms with Crippen LogP contribution >= 0.6 is 0 Å². The first-order valence-corrected chi connectivity index (χ1v) is 5.89. The Balaban J connectivity index is 2.07. The minimum absolute atomic E-state index is 0.0479. The molecule has 0 aromatic carbocycles. The van der Waals surface area contributed by atoms with Crippen LogP contribution in [0.3, 0.4) is 0 Å². The highest BCUT2D eigenvalue weighted by Gasteiger charge is 2.15. The predicted molar refractivity (Wildman–Crippen MR) is 59.5 cm³/mol. The Morgan fingerprint density at radius 2 is 2.40 bits per heavy atom. The summed E-state index contributed by atoms with van der Waals surface area (Å²) in [4.78, 5) is 11.3. The van der Waals surface area contributed by atoms with Crippen molar-refractivity contribution in [1.29, 1.82) is 0 Å². The highest BCUT2D eigenvalue weighted by molar-refractivity contribution is 5.81. The molecule has 0 bridgehead atoms. The van der Waals surface area contributed by atoms with Gasteiger partial charge in [-0.3, -0.25) is 4.79 Å². The van der Waals surface area contributed by atoms with Crippen molar-refractivity contribution in [2.75, 3.05) is 13.2 Å². The molecule has 0 radical (unpaired) electrons. The van der Waals surface area contributed by atoms with E-state index in [1.165, 1.54) is 12.8 Å². The van der Waals surface area contributed by atoms with Crippen molar-refractivity contribution in [2.45, 2.75) is 51.2 Å². The second kappa shape index (κ2) is 6.80. The maximum atomic E-state index is 11.3. The Hall–Kier alpha value is -0.610. The van der Waals surface area contributed by atoms with Gasteiger partial charge in [0.1, 0.15) is 0 Å². The lowest BCUT2D eigenvalue weighted by molar-refractivity contribution is -0.122. The molecule has 1 aliphatic heterocycles. The third-order valence-electron chi connectivity index (χ3n) is 2.82. The molecule has 0 saturated carbocycles. The molecule has 4 heteroatoms. The van der Waals surface area contributed by atoms with E-state index in [0.717, 1.165) is 19.4 Å². The molecular weight excluding hydrogens is 192 g/mol. The quantitative estimate of drug-likeness (QED) is 0.711. The summed E-state index contributed by atoms with van der Waals surface area (Å²) < 4.78 is 5.56. The van der Waals surface area contributed by atoms with Crippen LogP contribution < -0.4 is 11.1 Å². The van der Waals surface area contributed by atoms with Crippen LogP contribution in [0.15, 0.2) is 0 Å². The minimum Gasteiger partial charge on any atom is -0.378 e. The van der Waals surface area contributed by atoms with Crippen molar-refractivity contribution in [3.63, 3.8) is 0 Å². The number of ether oxygens (including phenoxy) is 1. The Kier molecular flexibility index (Phi) is 5.65. The number of hydrogen-bond donors (Lipinski definition) is 2. The highest BCUT2D eigenvalue weighted by atomic mass is 16.5. The SMILES string of the molecule is CC[C@@H](N)C(=O)NCCC1CCCCO1. The van der Waals surface area contributed by atoms with Gasteiger partial charge in [0.2, 0.25) is 5.91 Å². The van der Waals surface area contributed by atoms with Crippen molar-refractivity contribution in [1.82, 2.24) is 5.32 Å². The number of carbonyl (C=O) groups excluding carboxylic acids is 1. The van der Waals surface area contributed by atoms with Crippen LogP contribution in [0.4, 0.5) is 0 Å². The Bertz CT molecular complexity index is 191. The smallest absolute Gasteiger partial charge is 0.236 e. The third kappa shape index (κ3) is 4.62. The fourth-order valence-corrected chi connectivity index (χ4v) is 1.71. The Labute approximate surface area is 91.5 Å². The first kappa shape index (κ1) is 12.5. The standard InChI is InChI=1S/C11H22N2O2/c1-2-10(12)11(14)13-7-6-9-5-3-4-8-15-9/h9-10H,2-8,12H2,1H3,(H,13,14)/t9?,10-/m1/s1. The third-order valence-corrected chi connectivity index (χ3v) is 2.82. The van der Waals surface area contributed by atoms with Crippen LogP contribution in [0.2, 0.25) is 0 Å². The molecule has 1 rings (SSSR count). The zero-order valence-corrected chi connectivity index (χ0v) is 9.50. The van der Waals surface area contributed by atoms with Crippen molar-refractivity contribution in [3.05, 3.63) is 0 Å². The lowest BCUT2D eigenvalue weighted by atomic mass is 10.1. The molecule has 88 valence electrons. The topological polar surface area (TPSA) is 64.4 Å². The van der Waals surface area contributed by atoms with Crippen molar-refractivity contribution < 1.29 is 9.53 Å². The summed E-state index contributed by atoms with van der Waals surface area (Å²) >= 11 is 0. The molecule has 3 N–H and O–H groups in total. The molecule has 0 aliphatic carbocycles. The van der Waals surface area contributed by atoms with Crippen molar-refractivity contribution in [3.8, 4) is 0 Å². The summed E-state index contributed by atoms with van der Waals surface area (Å²) in [5.74, 6) is -0.0479. The monoisotopic (exact) mass is 214 g/mol. The lowest BCUT2D eigenvalue weighted by Crippen LogP contribution is -2.41. The average Bonchev–Trinajstić information content (AvgIpc) is 2.29. The van der Waals surface area contributed by atoms with Gasteiger partial charge in [0.05, 0.1) is 12.1 Å². The van der Waals surface area contributed by atoms with E-state index in [0.29, 0.717) is 19.1 Å². The van der Waals surface area contributed by atoms with Crippen LogP contribution in [-0.4, -0.2) is 31.2 Å². The number of carbonyl (C=O) groups is 1. The molecule has 15 heavy (non-hydrogen) atoms. The van der Waals surface area contributed by atoms with Gasteiger partial charge in [0.15, 0.2) is 0 Å². The molecule has 0 aromatic heterocycles. The van der Waals surface area contributed by atoms with Crippen LogP contribution in [0.25, 0.3) is 0 Å². The number of rotatable bonds is 5. The van der Waals surface area contributed by atoms with E-state index in [4.69, 9.17) is 10.5 Å².